The molecule has 15 heavy (non-hydrogen) atoms. The van der Waals surface area contributed by atoms with Crippen molar-refractivity contribution in [1.82, 2.24) is 14.8 Å². The van der Waals surface area contributed by atoms with Gasteiger partial charge in [0.25, 0.3) is 0 Å². The van der Waals surface area contributed by atoms with Gasteiger partial charge in [-0.1, -0.05) is 0 Å². The average molecular weight is 247 g/mol. The molecule has 1 aromatic heterocycles. The predicted octanol–water partition coefficient (Wildman–Crippen LogP) is 0.455. The zero-order valence-corrected chi connectivity index (χ0v) is 10.1. The number of aromatic amines is 1. The summed E-state index contributed by atoms with van der Waals surface area (Å²) >= 11 is 4.99. The topological polar surface area (TPSA) is 67.8 Å². The van der Waals surface area contributed by atoms with Crippen LogP contribution in [0.15, 0.2) is 0 Å². The number of hydrogen-bond acceptors (Lipinski definition) is 4. The van der Waals surface area contributed by atoms with Crippen LogP contribution in [-0.4, -0.2) is 34.7 Å². The minimum absolute atomic E-state index is 0.193. The van der Waals surface area contributed by atoms with Crippen molar-refractivity contribution in [3.63, 3.8) is 0 Å². The minimum atomic E-state index is -2.79. The molecule has 2 rings (SSSR count). The van der Waals surface area contributed by atoms with Crippen molar-refractivity contribution in [3.8, 4) is 0 Å². The van der Waals surface area contributed by atoms with Crippen molar-refractivity contribution in [2.75, 3.05) is 11.5 Å². The van der Waals surface area contributed by atoms with Gasteiger partial charge in [-0.3, -0.25) is 5.10 Å². The Balaban J connectivity index is 2.11. The molecule has 1 saturated heterocycles. The number of hydrogen-bond donors (Lipinski definition) is 1. The van der Waals surface area contributed by atoms with Crippen LogP contribution in [0.4, 0.5) is 0 Å². The van der Waals surface area contributed by atoms with Crippen molar-refractivity contribution >= 4 is 22.1 Å². The summed E-state index contributed by atoms with van der Waals surface area (Å²) in [6, 6.07) is 0. The van der Waals surface area contributed by atoms with E-state index in [1.165, 1.54) is 0 Å². The predicted molar refractivity (Wildman–Crippen MR) is 58.9 cm³/mol. The number of rotatable bonds is 2. The Morgan fingerprint density at radius 1 is 1.67 bits per heavy atom. The zero-order valence-electron chi connectivity index (χ0n) is 8.43. The maximum atomic E-state index is 11.3. The molecule has 1 unspecified atom stereocenters. The van der Waals surface area contributed by atoms with E-state index in [-0.39, 0.29) is 11.7 Å². The third-order valence-electron chi connectivity index (χ3n) is 2.77. The van der Waals surface area contributed by atoms with Crippen LogP contribution in [0.1, 0.15) is 12.2 Å². The SMILES string of the molecule is Cn1c(CC2CCS(=O)(=O)C2)n[nH]c1=S. The highest BCUT2D eigenvalue weighted by Gasteiger charge is 2.28. The molecule has 1 fully saturated rings. The summed E-state index contributed by atoms with van der Waals surface area (Å²) in [6.07, 6.45) is 1.42. The average Bonchev–Trinajstić information content (AvgIpc) is 2.63. The van der Waals surface area contributed by atoms with Crippen molar-refractivity contribution in [1.29, 1.82) is 0 Å². The zero-order chi connectivity index (χ0) is 11.1. The molecule has 84 valence electrons. The van der Waals surface area contributed by atoms with Gasteiger partial charge in [0.15, 0.2) is 14.6 Å². The molecule has 0 aromatic carbocycles. The summed E-state index contributed by atoms with van der Waals surface area (Å²) in [5.41, 5.74) is 0. The molecule has 0 saturated carbocycles. The van der Waals surface area contributed by atoms with Crippen molar-refractivity contribution < 1.29 is 8.42 Å². The first-order valence-corrected chi connectivity index (χ1v) is 7.01. The molecule has 1 aliphatic rings. The molecule has 0 radical (unpaired) electrons. The number of sulfone groups is 1. The Hall–Kier alpha value is -0.690. The quantitative estimate of drug-likeness (QED) is 0.771. The highest BCUT2D eigenvalue weighted by atomic mass is 32.2. The monoisotopic (exact) mass is 247 g/mol. The van der Waals surface area contributed by atoms with Gasteiger partial charge in [0.1, 0.15) is 5.82 Å². The molecule has 1 atom stereocenters. The Labute approximate surface area is 93.4 Å². The van der Waals surface area contributed by atoms with Gasteiger partial charge < -0.3 is 4.57 Å². The molecule has 1 aromatic rings. The Kier molecular flexibility index (Phi) is 2.68. The summed E-state index contributed by atoms with van der Waals surface area (Å²) in [7, 11) is -0.957. The van der Waals surface area contributed by atoms with Gasteiger partial charge in [0, 0.05) is 13.5 Å². The number of aromatic nitrogens is 3. The molecule has 5 nitrogen and oxygen atoms in total. The van der Waals surface area contributed by atoms with E-state index >= 15 is 0 Å². The van der Waals surface area contributed by atoms with Crippen LogP contribution in [0.25, 0.3) is 0 Å². The van der Waals surface area contributed by atoms with Crippen molar-refractivity contribution in [3.05, 3.63) is 10.6 Å². The standard InChI is InChI=1S/C8H13N3O2S2/c1-11-7(9-10-8(11)14)4-6-2-3-15(12,13)5-6/h6H,2-5H2,1H3,(H,10,14). The van der Waals surface area contributed by atoms with Crippen LogP contribution in [0, 0.1) is 10.7 Å². The van der Waals surface area contributed by atoms with Gasteiger partial charge in [-0.2, -0.15) is 5.10 Å². The second-order valence-corrected chi connectivity index (χ2v) is 6.59. The molecule has 0 bridgehead atoms. The first kappa shape index (κ1) is 10.8. The summed E-state index contributed by atoms with van der Waals surface area (Å²) in [6.45, 7) is 0. The van der Waals surface area contributed by atoms with Gasteiger partial charge >= 0.3 is 0 Å². The van der Waals surface area contributed by atoms with Gasteiger partial charge in [-0.15, -0.1) is 0 Å². The molecule has 1 aliphatic heterocycles. The summed E-state index contributed by atoms with van der Waals surface area (Å²) in [5, 5.41) is 6.78. The lowest BCUT2D eigenvalue weighted by Gasteiger charge is -2.05. The van der Waals surface area contributed by atoms with Gasteiger partial charge in [0.05, 0.1) is 11.5 Å². The highest BCUT2D eigenvalue weighted by molar-refractivity contribution is 7.91. The van der Waals surface area contributed by atoms with Gasteiger partial charge in [-0.25, -0.2) is 8.42 Å². The van der Waals surface area contributed by atoms with Crippen LogP contribution in [0.3, 0.4) is 0 Å². The fourth-order valence-electron chi connectivity index (χ4n) is 1.85. The lowest BCUT2D eigenvalue weighted by atomic mass is 10.1. The Morgan fingerprint density at radius 3 is 2.87 bits per heavy atom. The third-order valence-corrected chi connectivity index (χ3v) is 4.97. The van der Waals surface area contributed by atoms with E-state index in [9.17, 15) is 8.42 Å². The molecular weight excluding hydrogens is 234 g/mol. The molecule has 2 heterocycles. The molecule has 0 amide bonds. The first-order valence-electron chi connectivity index (χ1n) is 4.78. The normalized spacial score (nSPS) is 24.5. The number of nitrogens with one attached hydrogen (secondary N) is 1. The van der Waals surface area contributed by atoms with E-state index in [1.54, 1.807) is 4.57 Å². The van der Waals surface area contributed by atoms with E-state index in [2.05, 4.69) is 10.2 Å². The number of H-pyrrole nitrogens is 1. The van der Waals surface area contributed by atoms with Crippen molar-refractivity contribution in [2.24, 2.45) is 13.0 Å². The fraction of sp³-hybridized carbons (Fsp3) is 0.750. The van der Waals surface area contributed by atoms with E-state index in [0.29, 0.717) is 16.9 Å². The lowest BCUT2D eigenvalue weighted by molar-refractivity contribution is 0.556. The minimum Gasteiger partial charge on any atom is -0.307 e. The van der Waals surface area contributed by atoms with Crippen LogP contribution in [-0.2, 0) is 23.3 Å². The first-order chi connectivity index (χ1) is 6.98. The smallest absolute Gasteiger partial charge is 0.194 e. The highest BCUT2D eigenvalue weighted by Crippen LogP contribution is 2.21. The van der Waals surface area contributed by atoms with E-state index in [4.69, 9.17) is 12.2 Å². The molecular formula is C8H13N3O2S2. The van der Waals surface area contributed by atoms with Crippen molar-refractivity contribution in [2.45, 2.75) is 12.8 Å². The largest absolute Gasteiger partial charge is 0.307 e. The maximum absolute atomic E-state index is 11.3. The van der Waals surface area contributed by atoms with Gasteiger partial charge in [-0.05, 0) is 24.6 Å². The van der Waals surface area contributed by atoms with Crippen LogP contribution in [0.2, 0.25) is 0 Å². The molecule has 1 N–H and O–H groups in total. The van der Waals surface area contributed by atoms with Crippen LogP contribution >= 0.6 is 12.2 Å². The lowest BCUT2D eigenvalue weighted by Crippen LogP contribution is -2.10. The summed E-state index contributed by atoms with van der Waals surface area (Å²) in [5.74, 6) is 1.63. The molecule has 0 aliphatic carbocycles. The summed E-state index contributed by atoms with van der Waals surface area (Å²) in [4.78, 5) is 0. The Bertz CT molecular complexity index is 514. The Morgan fingerprint density at radius 2 is 2.40 bits per heavy atom. The number of nitrogens with zero attached hydrogens (tertiary/aromatic N) is 2. The summed E-state index contributed by atoms with van der Waals surface area (Å²) < 4.78 is 24.9. The van der Waals surface area contributed by atoms with Crippen LogP contribution in [0.5, 0.6) is 0 Å². The van der Waals surface area contributed by atoms with Crippen LogP contribution < -0.4 is 0 Å². The fourth-order valence-corrected chi connectivity index (χ4v) is 3.87. The van der Waals surface area contributed by atoms with Gasteiger partial charge in [0.2, 0.25) is 0 Å². The maximum Gasteiger partial charge on any atom is 0.194 e. The third kappa shape index (κ3) is 2.28. The second-order valence-electron chi connectivity index (χ2n) is 3.98. The molecule has 0 spiro atoms. The molecule has 7 heteroatoms. The van der Waals surface area contributed by atoms with E-state index in [1.807, 2.05) is 7.05 Å². The van der Waals surface area contributed by atoms with E-state index in [0.717, 1.165) is 12.2 Å². The van der Waals surface area contributed by atoms with E-state index < -0.39 is 9.84 Å². The second kappa shape index (κ2) is 3.71.